The lowest BCUT2D eigenvalue weighted by molar-refractivity contribution is 0.0445. The molecule has 4 aromatic rings. The molecule has 6 nitrogen and oxygen atoms in total. The predicted molar refractivity (Wildman–Crippen MR) is 110 cm³/mol. The minimum Gasteiger partial charge on any atom is -0.497 e. The van der Waals surface area contributed by atoms with Crippen molar-refractivity contribution in [3.63, 3.8) is 0 Å². The van der Waals surface area contributed by atoms with Crippen molar-refractivity contribution >= 4 is 33.6 Å². The van der Waals surface area contributed by atoms with Crippen molar-refractivity contribution in [2.24, 2.45) is 0 Å². The number of methoxy groups -OCH3 is 1. The second-order valence-electron chi connectivity index (χ2n) is 6.81. The minimum atomic E-state index is -0.667. The summed E-state index contributed by atoms with van der Waals surface area (Å²) in [6, 6.07) is 11.1. The maximum Gasteiger partial charge on any atom is 0.375 e. The molecular formula is C23H21NO5. The van der Waals surface area contributed by atoms with Crippen molar-refractivity contribution in [3.8, 4) is 5.75 Å². The first kappa shape index (κ1) is 18.8. The molecule has 6 heteroatoms. The fraction of sp³-hybridized carbons (Fsp3) is 0.217. The summed E-state index contributed by atoms with van der Waals surface area (Å²) in [7, 11) is 1.57. The molecule has 0 radical (unpaired) electrons. The van der Waals surface area contributed by atoms with Gasteiger partial charge >= 0.3 is 5.97 Å². The molecule has 0 aliphatic heterocycles. The van der Waals surface area contributed by atoms with Gasteiger partial charge in [-0.25, -0.2) is 4.79 Å². The summed E-state index contributed by atoms with van der Waals surface area (Å²) < 4.78 is 16.1. The number of rotatable bonds is 6. The number of carbonyl (C=O) groups excluding carboxylic acids is 2. The zero-order chi connectivity index (χ0) is 20.5. The molecule has 0 bridgehead atoms. The van der Waals surface area contributed by atoms with E-state index in [1.54, 1.807) is 38.4 Å². The van der Waals surface area contributed by atoms with E-state index in [2.05, 4.69) is 11.9 Å². The van der Waals surface area contributed by atoms with Gasteiger partial charge in [-0.3, -0.25) is 4.79 Å². The molecule has 0 saturated heterocycles. The van der Waals surface area contributed by atoms with Gasteiger partial charge in [0.05, 0.1) is 7.11 Å². The number of Topliss-reactive ketones (excluding diaryl/α,β-unsaturated/α-hetero) is 1. The van der Waals surface area contributed by atoms with E-state index in [0.29, 0.717) is 22.5 Å². The highest BCUT2D eigenvalue weighted by Crippen LogP contribution is 2.29. The number of ether oxygens (including phenoxy) is 2. The van der Waals surface area contributed by atoms with Gasteiger partial charge in [0.25, 0.3) is 0 Å². The van der Waals surface area contributed by atoms with Crippen molar-refractivity contribution < 1.29 is 23.5 Å². The number of para-hydroxylation sites is 1. The van der Waals surface area contributed by atoms with Gasteiger partial charge in [0, 0.05) is 33.6 Å². The van der Waals surface area contributed by atoms with Crippen LogP contribution in [-0.4, -0.2) is 30.5 Å². The van der Waals surface area contributed by atoms with E-state index in [9.17, 15) is 9.59 Å². The highest BCUT2D eigenvalue weighted by molar-refractivity contribution is 6.09. The molecule has 2 aromatic carbocycles. The van der Waals surface area contributed by atoms with Crippen LogP contribution < -0.4 is 4.74 Å². The Bertz CT molecular complexity index is 1230. The Kier molecular flexibility index (Phi) is 4.84. The number of fused-ring (bicyclic) bond motifs is 2. The van der Waals surface area contributed by atoms with Crippen molar-refractivity contribution in [2.45, 2.75) is 20.3 Å². The summed E-state index contributed by atoms with van der Waals surface area (Å²) in [6.45, 7) is 3.47. The van der Waals surface area contributed by atoms with Crippen LogP contribution in [0.2, 0.25) is 0 Å². The lowest BCUT2D eigenvalue weighted by Crippen LogP contribution is -2.14. The number of ketones is 1. The number of hydrogen-bond donors (Lipinski definition) is 1. The second kappa shape index (κ2) is 7.47. The van der Waals surface area contributed by atoms with Gasteiger partial charge in [-0.1, -0.05) is 25.1 Å². The minimum absolute atomic E-state index is 0.0910. The molecule has 0 saturated carbocycles. The third kappa shape index (κ3) is 3.27. The molecule has 2 aromatic heterocycles. The van der Waals surface area contributed by atoms with Gasteiger partial charge in [0.15, 0.2) is 6.61 Å². The van der Waals surface area contributed by atoms with Crippen molar-refractivity contribution in [1.82, 2.24) is 4.98 Å². The van der Waals surface area contributed by atoms with Crippen LogP contribution in [0.25, 0.3) is 21.9 Å². The number of aryl methyl sites for hydroxylation is 2. The third-order valence-electron chi connectivity index (χ3n) is 5.15. The van der Waals surface area contributed by atoms with Gasteiger partial charge < -0.3 is 18.9 Å². The number of nitrogens with one attached hydrogen (secondary N) is 1. The van der Waals surface area contributed by atoms with Gasteiger partial charge in [0.1, 0.15) is 11.3 Å². The summed E-state index contributed by atoms with van der Waals surface area (Å²) in [5.41, 5.74) is 3.79. The van der Waals surface area contributed by atoms with Gasteiger partial charge in [0.2, 0.25) is 11.5 Å². The van der Waals surface area contributed by atoms with Crippen molar-refractivity contribution in [2.75, 3.05) is 13.7 Å². The first-order valence-corrected chi connectivity index (χ1v) is 9.40. The van der Waals surface area contributed by atoms with Crippen molar-refractivity contribution in [3.05, 3.63) is 65.0 Å². The molecule has 0 spiro atoms. The van der Waals surface area contributed by atoms with Crippen LogP contribution in [0.4, 0.5) is 0 Å². The molecule has 0 fully saturated rings. The van der Waals surface area contributed by atoms with E-state index >= 15 is 0 Å². The number of aromatic amines is 1. The molecule has 29 heavy (non-hydrogen) atoms. The number of H-pyrrole nitrogens is 1. The molecule has 2 heterocycles. The zero-order valence-electron chi connectivity index (χ0n) is 16.5. The summed E-state index contributed by atoms with van der Waals surface area (Å²) in [5, 5.41) is 1.60. The maximum absolute atomic E-state index is 12.7. The molecule has 1 N–H and O–H groups in total. The van der Waals surface area contributed by atoms with Crippen LogP contribution in [-0.2, 0) is 11.2 Å². The number of benzene rings is 2. The number of esters is 1. The predicted octanol–water partition coefficient (Wildman–Crippen LogP) is 4.83. The normalized spacial score (nSPS) is 11.1. The molecular weight excluding hydrogens is 370 g/mol. The second-order valence-corrected chi connectivity index (χ2v) is 6.81. The summed E-state index contributed by atoms with van der Waals surface area (Å²) in [6.07, 6.45) is 2.52. The SMILES string of the molecule is CCc1cccc2c(C(=O)COC(=O)c3oc4ccc(OC)cc4c3C)c[nH]c12. The monoisotopic (exact) mass is 391 g/mol. The fourth-order valence-electron chi connectivity index (χ4n) is 3.54. The van der Waals surface area contributed by atoms with E-state index < -0.39 is 5.97 Å². The van der Waals surface area contributed by atoms with Crippen LogP contribution >= 0.6 is 0 Å². The Morgan fingerprint density at radius 2 is 1.97 bits per heavy atom. The van der Waals surface area contributed by atoms with Crippen LogP contribution in [0.5, 0.6) is 5.75 Å². The van der Waals surface area contributed by atoms with Crippen LogP contribution in [0, 0.1) is 6.92 Å². The summed E-state index contributed by atoms with van der Waals surface area (Å²) in [5.74, 6) is -0.177. The molecule has 0 atom stereocenters. The average molecular weight is 391 g/mol. The van der Waals surface area contributed by atoms with Crippen LogP contribution in [0.15, 0.2) is 47.0 Å². The van der Waals surface area contributed by atoms with E-state index in [0.717, 1.165) is 28.3 Å². The highest BCUT2D eigenvalue weighted by atomic mass is 16.5. The smallest absolute Gasteiger partial charge is 0.375 e. The van der Waals surface area contributed by atoms with E-state index in [-0.39, 0.29) is 18.2 Å². The standard InChI is InChI=1S/C23H21NO5/c1-4-14-6-5-7-16-18(11-24-21(14)16)19(25)12-28-23(26)22-13(2)17-10-15(27-3)8-9-20(17)29-22/h5-11,24H,4,12H2,1-3H3. The Hall–Kier alpha value is -3.54. The van der Waals surface area contributed by atoms with E-state index in [4.69, 9.17) is 13.9 Å². The van der Waals surface area contributed by atoms with E-state index in [1.165, 1.54) is 0 Å². The Balaban J connectivity index is 1.54. The van der Waals surface area contributed by atoms with Crippen molar-refractivity contribution in [1.29, 1.82) is 0 Å². The number of furan rings is 1. The zero-order valence-corrected chi connectivity index (χ0v) is 16.5. The quantitative estimate of drug-likeness (QED) is 0.376. The molecule has 0 amide bonds. The molecule has 148 valence electrons. The number of hydrogen-bond acceptors (Lipinski definition) is 5. The molecule has 0 unspecified atom stereocenters. The van der Waals surface area contributed by atoms with Gasteiger partial charge in [-0.2, -0.15) is 0 Å². The average Bonchev–Trinajstić information content (AvgIpc) is 3.33. The third-order valence-corrected chi connectivity index (χ3v) is 5.15. The Morgan fingerprint density at radius 3 is 2.72 bits per heavy atom. The lowest BCUT2D eigenvalue weighted by Gasteiger charge is -2.03. The molecule has 0 aliphatic carbocycles. The largest absolute Gasteiger partial charge is 0.497 e. The first-order valence-electron chi connectivity index (χ1n) is 9.40. The summed E-state index contributed by atoms with van der Waals surface area (Å²) in [4.78, 5) is 28.3. The Labute approximate surface area is 167 Å². The lowest BCUT2D eigenvalue weighted by atomic mass is 10.1. The summed E-state index contributed by atoms with van der Waals surface area (Å²) >= 11 is 0. The van der Waals surface area contributed by atoms with E-state index in [1.807, 2.05) is 18.2 Å². The highest BCUT2D eigenvalue weighted by Gasteiger charge is 2.22. The number of aromatic nitrogens is 1. The van der Waals surface area contributed by atoms with Crippen LogP contribution in [0.1, 0.15) is 39.0 Å². The first-order chi connectivity index (χ1) is 14.0. The van der Waals surface area contributed by atoms with Gasteiger partial charge in [-0.15, -0.1) is 0 Å². The molecule has 0 aliphatic rings. The molecule has 4 rings (SSSR count). The van der Waals surface area contributed by atoms with Gasteiger partial charge in [-0.05, 0) is 37.1 Å². The fourth-order valence-corrected chi connectivity index (χ4v) is 3.54. The topological polar surface area (TPSA) is 81.5 Å². The maximum atomic E-state index is 12.7. The Morgan fingerprint density at radius 1 is 1.14 bits per heavy atom. The number of carbonyl (C=O) groups is 2. The van der Waals surface area contributed by atoms with Crippen LogP contribution in [0.3, 0.4) is 0 Å².